The van der Waals surface area contributed by atoms with E-state index in [1.54, 1.807) is 6.20 Å². The lowest BCUT2D eigenvalue weighted by Crippen LogP contribution is -2.46. The van der Waals surface area contributed by atoms with Crippen LogP contribution >= 0.6 is 0 Å². The highest BCUT2D eigenvalue weighted by Gasteiger charge is 2.19. The van der Waals surface area contributed by atoms with E-state index in [1.807, 2.05) is 6.92 Å². The maximum atomic E-state index is 12.1. The van der Waals surface area contributed by atoms with Crippen molar-refractivity contribution in [2.45, 2.75) is 27.7 Å². The first-order valence-corrected chi connectivity index (χ1v) is 8.10. The molecule has 1 aliphatic rings. The Morgan fingerprint density at radius 2 is 2.00 bits per heavy atom. The summed E-state index contributed by atoms with van der Waals surface area (Å²) in [6.45, 7) is 13.9. The average molecular weight is 305 g/mol. The number of amides is 1. The average Bonchev–Trinajstić information content (AvgIpc) is 2.52. The topological polar surface area (TPSA) is 61.4 Å². The Morgan fingerprint density at radius 3 is 2.55 bits per heavy atom. The minimum atomic E-state index is -0.0893. The molecule has 1 N–H and O–H groups in total. The molecule has 1 aliphatic heterocycles. The second-order valence-electron chi connectivity index (χ2n) is 6.19. The second kappa shape index (κ2) is 7.54. The standard InChI is InChI=1S/C16H27N5O/c1-5-20-6-8-21(9-7-20)16-18-11-14(13(4)19-16)15(22)17-10-12(2)3/h11-12H,5-10H2,1-4H3,(H,17,22). The van der Waals surface area contributed by atoms with Gasteiger partial charge < -0.3 is 15.1 Å². The summed E-state index contributed by atoms with van der Waals surface area (Å²) in [5, 5.41) is 2.91. The van der Waals surface area contributed by atoms with Crippen LogP contribution in [0.25, 0.3) is 0 Å². The SMILES string of the molecule is CCN1CCN(c2ncc(C(=O)NCC(C)C)c(C)n2)CC1. The van der Waals surface area contributed by atoms with Gasteiger partial charge in [-0.25, -0.2) is 9.97 Å². The van der Waals surface area contributed by atoms with Gasteiger partial charge in [-0.1, -0.05) is 20.8 Å². The Kier molecular flexibility index (Phi) is 5.71. The third-order valence-corrected chi connectivity index (χ3v) is 3.98. The Hall–Kier alpha value is -1.69. The first-order valence-electron chi connectivity index (χ1n) is 8.10. The van der Waals surface area contributed by atoms with Crippen LogP contribution in [0.3, 0.4) is 0 Å². The van der Waals surface area contributed by atoms with Gasteiger partial charge in [-0.3, -0.25) is 4.79 Å². The number of hydrogen-bond donors (Lipinski definition) is 1. The summed E-state index contributed by atoms with van der Waals surface area (Å²) in [6.07, 6.45) is 1.65. The summed E-state index contributed by atoms with van der Waals surface area (Å²) in [6, 6.07) is 0. The van der Waals surface area contributed by atoms with Gasteiger partial charge in [0.1, 0.15) is 0 Å². The molecule has 6 heteroatoms. The van der Waals surface area contributed by atoms with Gasteiger partial charge >= 0.3 is 0 Å². The van der Waals surface area contributed by atoms with Crippen LogP contribution in [0.2, 0.25) is 0 Å². The third kappa shape index (κ3) is 4.16. The van der Waals surface area contributed by atoms with Crippen LogP contribution in [-0.2, 0) is 0 Å². The number of aryl methyl sites for hydroxylation is 1. The molecule has 1 aromatic rings. The van der Waals surface area contributed by atoms with Gasteiger partial charge in [0.05, 0.1) is 11.3 Å². The first kappa shape index (κ1) is 16.7. The minimum Gasteiger partial charge on any atom is -0.352 e. The molecule has 0 aromatic carbocycles. The largest absolute Gasteiger partial charge is 0.352 e. The monoisotopic (exact) mass is 305 g/mol. The van der Waals surface area contributed by atoms with Crippen LogP contribution in [0, 0.1) is 12.8 Å². The summed E-state index contributed by atoms with van der Waals surface area (Å²) in [5.41, 5.74) is 1.31. The highest BCUT2D eigenvalue weighted by molar-refractivity contribution is 5.94. The van der Waals surface area contributed by atoms with Crippen molar-refractivity contribution in [1.82, 2.24) is 20.2 Å². The van der Waals surface area contributed by atoms with Crippen molar-refractivity contribution in [3.05, 3.63) is 17.5 Å². The van der Waals surface area contributed by atoms with Crippen molar-refractivity contribution in [3.8, 4) is 0 Å². The predicted molar refractivity (Wildman–Crippen MR) is 88.3 cm³/mol. The fourth-order valence-electron chi connectivity index (χ4n) is 2.49. The number of carbonyl (C=O) groups excluding carboxylic acids is 1. The van der Waals surface area contributed by atoms with Crippen LogP contribution in [0.5, 0.6) is 0 Å². The zero-order valence-electron chi connectivity index (χ0n) is 14.1. The fraction of sp³-hybridized carbons (Fsp3) is 0.688. The zero-order valence-corrected chi connectivity index (χ0v) is 14.1. The van der Waals surface area contributed by atoms with Crippen molar-refractivity contribution in [2.75, 3.05) is 44.2 Å². The Morgan fingerprint density at radius 1 is 1.32 bits per heavy atom. The van der Waals surface area contributed by atoms with Crippen LogP contribution in [0.4, 0.5) is 5.95 Å². The van der Waals surface area contributed by atoms with E-state index in [-0.39, 0.29) is 5.91 Å². The Labute approximate surface area is 132 Å². The molecule has 0 atom stereocenters. The number of rotatable bonds is 5. The lowest BCUT2D eigenvalue weighted by Gasteiger charge is -2.34. The fourth-order valence-corrected chi connectivity index (χ4v) is 2.49. The number of likely N-dealkylation sites (N-methyl/N-ethyl adjacent to an activating group) is 1. The molecule has 0 spiro atoms. The van der Waals surface area contributed by atoms with E-state index in [0.29, 0.717) is 18.0 Å². The molecule has 122 valence electrons. The van der Waals surface area contributed by atoms with E-state index < -0.39 is 0 Å². The number of nitrogens with one attached hydrogen (secondary N) is 1. The molecular weight excluding hydrogens is 278 g/mol. The summed E-state index contributed by atoms with van der Waals surface area (Å²) in [7, 11) is 0. The molecule has 6 nitrogen and oxygen atoms in total. The van der Waals surface area contributed by atoms with Crippen molar-refractivity contribution in [3.63, 3.8) is 0 Å². The summed E-state index contributed by atoms with van der Waals surface area (Å²) >= 11 is 0. The van der Waals surface area contributed by atoms with Gasteiger partial charge in [-0.15, -0.1) is 0 Å². The van der Waals surface area contributed by atoms with Crippen molar-refractivity contribution in [2.24, 2.45) is 5.92 Å². The maximum Gasteiger partial charge on any atom is 0.254 e. The number of hydrogen-bond acceptors (Lipinski definition) is 5. The van der Waals surface area contributed by atoms with E-state index in [0.717, 1.165) is 44.4 Å². The molecule has 1 amide bonds. The van der Waals surface area contributed by atoms with E-state index in [4.69, 9.17) is 0 Å². The normalized spacial score (nSPS) is 16.1. The van der Waals surface area contributed by atoms with Crippen molar-refractivity contribution >= 4 is 11.9 Å². The quantitative estimate of drug-likeness (QED) is 0.889. The molecule has 1 aromatic heterocycles. The molecule has 2 heterocycles. The van der Waals surface area contributed by atoms with Gasteiger partial charge in [-0.05, 0) is 19.4 Å². The zero-order chi connectivity index (χ0) is 16.1. The minimum absolute atomic E-state index is 0.0893. The van der Waals surface area contributed by atoms with Gasteiger partial charge in [0.15, 0.2) is 0 Å². The van der Waals surface area contributed by atoms with E-state index in [1.165, 1.54) is 0 Å². The van der Waals surface area contributed by atoms with Gasteiger partial charge in [0.2, 0.25) is 5.95 Å². The maximum absolute atomic E-state index is 12.1. The first-order chi connectivity index (χ1) is 10.5. The van der Waals surface area contributed by atoms with Crippen molar-refractivity contribution in [1.29, 1.82) is 0 Å². The van der Waals surface area contributed by atoms with E-state index >= 15 is 0 Å². The van der Waals surface area contributed by atoms with Crippen LogP contribution in [-0.4, -0.2) is 60.0 Å². The van der Waals surface area contributed by atoms with E-state index in [9.17, 15) is 4.79 Å². The summed E-state index contributed by atoms with van der Waals surface area (Å²) < 4.78 is 0. The molecule has 0 aliphatic carbocycles. The van der Waals surface area contributed by atoms with Crippen LogP contribution in [0.1, 0.15) is 36.8 Å². The van der Waals surface area contributed by atoms with E-state index in [2.05, 4.69) is 45.9 Å². The third-order valence-electron chi connectivity index (χ3n) is 3.98. The second-order valence-corrected chi connectivity index (χ2v) is 6.19. The number of anilines is 1. The van der Waals surface area contributed by atoms with Gasteiger partial charge in [-0.2, -0.15) is 0 Å². The molecule has 2 rings (SSSR count). The number of carbonyl (C=O) groups is 1. The van der Waals surface area contributed by atoms with Gasteiger partial charge in [0.25, 0.3) is 5.91 Å². The summed E-state index contributed by atoms with van der Waals surface area (Å²) in [4.78, 5) is 25.7. The molecule has 22 heavy (non-hydrogen) atoms. The number of piperazine rings is 1. The Bertz CT molecular complexity index is 509. The molecule has 1 saturated heterocycles. The van der Waals surface area contributed by atoms with Gasteiger partial charge in [0, 0.05) is 38.9 Å². The number of nitrogens with zero attached hydrogens (tertiary/aromatic N) is 4. The van der Waals surface area contributed by atoms with Crippen LogP contribution in [0.15, 0.2) is 6.20 Å². The van der Waals surface area contributed by atoms with Crippen molar-refractivity contribution < 1.29 is 4.79 Å². The molecular formula is C16H27N5O. The number of aromatic nitrogens is 2. The molecule has 0 unspecified atom stereocenters. The Balaban J connectivity index is 2.02. The molecule has 1 fully saturated rings. The predicted octanol–water partition coefficient (Wildman–Crippen LogP) is 1.31. The lowest BCUT2D eigenvalue weighted by atomic mass is 10.2. The lowest BCUT2D eigenvalue weighted by molar-refractivity contribution is 0.0947. The summed E-state index contributed by atoms with van der Waals surface area (Å²) in [5.74, 6) is 1.07. The van der Waals surface area contributed by atoms with Crippen LogP contribution < -0.4 is 10.2 Å². The molecule has 0 radical (unpaired) electrons. The smallest absolute Gasteiger partial charge is 0.254 e. The molecule has 0 saturated carbocycles. The molecule has 0 bridgehead atoms. The highest BCUT2D eigenvalue weighted by atomic mass is 16.1. The highest BCUT2D eigenvalue weighted by Crippen LogP contribution is 2.13.